The average molecular weight is 204 g/mol. The van der Waals surface area contributed by atoms with Crippen molar-refractivity contribution in [2.75, 3.05) is 18.0 Å². The largest absolute Gasteiger partial charge is 0.369 e. The Kier molecular flexibility index (Phi) is 3.27. The first-order valence-corrected chi connectivity index (χ1v) is 5.87. The molecule has 1 heterocycles. The van der Waals surface area contributed by atoms with Crippen LogP contribution in [-0.2, 0) is 6.54 Å². The minimum Gasteiger partial charge on any atom is -0.369 e. The summed E-state index contributed by atoms with van der Waals surface area (Å²) in [6, 6.07) is 9.59. The topological polar surface area (TPSA) is 15.3 Å². The Morgan fingerprint density at radius 2 is 2.33 bits per heavy atom. The van der Waals surface area contributed by atoms with Crippen LogP contribution in [0.1, 0.15) is 25.8 Å². The number of anilines is 1. The first-order valence-electron chi connectivity index (χ1n) is 5.87. The molecule has 0 amide bonds. The van der Waals surface area contributed by atoms with E-state index in [0.717, 1.165) is 19.1 Å². The predicted molar refractivity (Wildman–Crippen MR) is 65.2 cm³/mol. The Morgan fingerprint density at radius 1 is 1.47 bits per heavy atom. The van der Waals surface area contributed by atoms with E-state index in [1.54, 1.807) is 0 Å². The van der Waals surface area contributed by atoms with E-state index in [1.165, 1.54) is 24.2 Å². The molecule has 2 heteroatoms. The van der Waals surface area contributed by atoms with Crippen LogP contribution in [0.2, 0.25) is 0 Å². The Balaban J connectivity index is 2.05. The molecule has 1 aromatic rings. The van der Waals surface area contributed by atoms with E-state index >= 15 is 0 Å². The van der Waals surface area contributed by atoms with Crippen LogP contribution < -0.4 is 10.2 Å². The highest BCUT2D eigenvalue weighted by Crippen LogP contribution is 2.26. The Morgan fingerprint density at radius 3 is 2.93 bits per heavy atom. The average Bonchev–Trinajstić information content (AvgIpc) is 2.25. The maximum atomic E-state index is 3.36. The third-order valence-electron chi connectivity index (χ3n) is 3.14. The quantitative estimate of drug-likeness (QED) is 0.810. The third kappa shape index (κ3) is 2.32. The van der Waals surface area contributed by atoms with Crippen LogP contribution in [0.5, 0.6) is 0 Å². The number of rotatable bonds is 4. The van der Waals surface area contributed by atoms with Crippen LogP contribution in [0.4, 0.5) is 5.69 Å². The van der Waals surface area contributed by atoms with Gasteiger partial charge in [-0.15, -0.1) is 0 Å². The molecule has 1 aliphatic rings. The molecular formula is C13H20N2. The van der Waals surface area contributed by atoms with Gasteiger partial charge in [0.05, 0.1) is 0 Å². The number of hydrogen-bond donors (Lipinski definition) is 1. The molecule has 1 unspecified atom stereocenters. The summed E-state index contributed by atoms with van der Waals surface area (Å²) in [5, 5.41) is 3.36. The molecule has 1 aromatic carbocycles. The highest BCUT2D eigenvalue weighted by molar-refractivity contribution is 5.51. The molecule has 0 radical (unpaired) electrons. The van der Waals surface area contributed by atoms with Crippen molar-refractivity contribution in [1.29, 1.82) is 0 Å². The zero-order chi connectivity index (χ0) is 10.7. The smallest absolute Gasteiger partial charge is 0.0371 e. The van der Waals surface area contributed by atoms with Crippen LogP contribution in [-0.4, -0.2) is 19.1 Å². The standard InChI is InChI=1S/C13H20N2/c1-3-14-10-12-5-4-6-13(9-12)15-8-7-11(15)2/h4-6,9,11,14H,3,7-8,10H2,1-2H3. The van der Waals surface area contributed by atoms with E-state index in [-0.39, 0.29) is 0 Å². The molecule has 0 saturated carbocycles. The summed E-state index contributed by atoms with van der Waals surface area (Å²) >= 11 is 0. The maximum Gasteiger partial charge on any atom is 0.0371 e. The highest BCUT2D eigenvalue weighted by Gasteiger charge is 2.23. The van der Waals surface area contributed by atoms with Gasteiger partial charge in [0.25, 0.3) is 0 Å². The Bertz CT molecular complexity index is 322. The molecule has 0 spiro atoms. The fourth-order valence-corrected chi connectivity index (χ4v) is 2.01. The van der Waals surface area contributed by atoms with Gasteiger partial charge in [-0.05, 0) is 37.6 Å². The van der Waals surface area contributed by atoms with Gasteiger partial charge in [0.2, 0.25) is 0 Å². The predicted octanol–water partition coefficient (Wildman–Crippen LogP) is 2.39. The Labute approximate surface area is 92.3 Å². The molecule has 1 aliphatic heterocycles. The normalized spacial score (nSPS) is 20.1. The molecule has 1 saturated heterocycles. The lowest BCUT2D eigenvalue weighted by molar-refractivity contribution is 0.481. The van der Waals surface area contributed by atoms with E-state index in [0.29, 0.717) is 0 Å². The summed E-state index contributed by atoms with van der Waals surface area (Å²) in [6.45, 7) is 7.66. The number of benzene rings is 1. The molecule has 15 heavy (non-hydrogen) atoms. The second kappa shape index (κ2) is 4.67. The zero-order valence-corrected chi connectivity index (χ0v) is 9.66. The fourth-order valence-electron chi connectivity index (χ4n) is 2.01. The van der Waals surface area contributed by atoms with Crippen LogP contribution in [0.25, 0.3) is 0 Å². The van der Waals surface area contributed by atoms with Gasteiger partial charge in [-0.2, -0.15) is 0 Å². The lowest BCUT2D eigenvalue weighted by atomic mass is 10.0. The molecule has 2 nitrogen and oxygen atoms in total. The first kappa shape index (κ1) is 10.5. The summed E-state index contributed by atoms with van der Waals surface area (Å²) in [7, 11) is 0. The van der Waals surface area contributed by atoms with Crippen molar-refractivity contribution in [2.45, 2.75) is 32.9 Å². The van der Waals surface area contributed by atoms with Gasteiger partial charge >= 0.3 is 0 Å². The van der Waals surface area contributed by atoms with Crippen molar-refractivity contribution in [3.05, 3.63) is 29.8 Å². The van der Waals surface area contributed by atoms with Crippen LogP contribution in [0, 0.1) is 0 Å². The van der Waals surface area contributed by atoms with Crippen molar-refractivity contribution in [1.82, 2.24) is 5.32 Å². The van der Waals surface area contributed by atoms with Gasteiger partial charge in [-0.1, -0.05) is 19.1 Å². The lowest BCUT2D eigenvalue weighted by Crippen LogP contribution is -2.45. The maximum absolute atomic E-state index is 3.36. The zero-order valence-electron chi connectivity index (χ0n) is 9.66. The first-order chi connectivity index (χ1) is 7.31. The lowest BCUT2D eigenvalue weighted by Gasteiger charge is -2.41. The van der Waals surface area contributed by atoms with Crippen molar-refractivity contribution in [3.8, 4) is 0 Å². The second-order valence-electron chi connectivity index (χ2n) is 4.28. The van der Waals surface area contributed by atoms with E-state index in [1.807, 2.05) is 0 Å². The fraction of sp³-hybridized carbons (Fsp3) is 0.538. The molecular weight excluding hydrogens is 184 g/mol. The van der Waals surface area contributed by atoms with Gasteiger partial charge in [0, 0.05) is 24.8 Å². The molecule has 2 rings (SSSR count). The van der Waals surface area contributed by atoms with Crippen molar-refractivity contribution >= 4 is 5.69 Å². The van der Waals surface area contributed by atoms with Crippen molar-refractivity contribution in [2.24, 2.45) is 0 Å². The number of nitrogens with one attached hydrogen (secondary N) is 1. The van der Waals surface area contributed by atoms with E-state index in [9.17, 15) is 0 Å². The minimum atomic E-state index is 0.722. The van der Waals surface area contributed by atoms with E-state index in [2.05, 4.69) is 48.3 Å². The van der Waals surface area contributed by atoms with Gasteiger partial charge in [-0.3, -0.25) is 0 Å². The van der Waals surface area contributed by atoms with Gasteiger partial charge < -0.3 is 10.2 Å². The SMILES string of the molecule is CCNCc1cccc(N2CCC2C)c1. The number of hydrogen-bond acceptors (Lipinski definition) is 2. The highest BCUT2D eigenvalue weighted by atomic mass is 15.2. The van der Waals surface area contributed by atoms with Gasteiger partial charge in [-0.25, -0.2) is 0 Å². The van der Waals surface area contributed by atoms with Crippen LogP contribution >= 0.6 is 0 Å². The van der Waals surface area contributed by atoms with Crippen LogP contribution in [0.3, 0.4) is 0 Å². The summed E-state index contributed by atoms with van der Waals surface area (Å²) < 4.78 is 0. The van der Waals surface area contributed by atoms with Crippen molar-refractivity contribution in [3.63, 3.8) is 0 Å². The van der Waals surface area contributed by atoms with Gasteiger partial charge in [0.15, 0.2) is 0 Å². The Hall–Kier alpha value is -1.02. The number of nitrogens with zero attached hydrogens (tertiary/aromatic N) is 1. The second-order valence-corrected chi connectivity index (χ2v) is 4.28. The molecule has 0 bridgehead atoms. The summed E-state index contributed by atoms with van der Waals surface area (Å²) in [6.07, 6.45) is 1.33. The summed E-state index contributed by atoms with van der Waals surface area (Å²) in [5.74, 6) is 0. The molecule has 0 aliphatic carbocycles. The summed E-state index contributed by atoms with van der Waals surface area (Å²) in [4.78, 5) is 2.47. The minimum absolute atomic E-state index is 0.722. The summed E-state index contributed by atoms with van der Waals surface area (Å²) in [5.41, 5.74) is 2.76. The van der Waals surface area contributed by atoms with Crippen molar-refractivity contribution < 1.29 is 0 Å². The van der Waals surface area contributed by atoms with Crippen LogP contribution in [0.15, 0.2) is 24.3 Å². The third-order valence-corrected chi connectivity index (χ3v) is 3.14. The molecule has 1 fully saturated rings. The monoisotopic (exact) mass is 204 g/mol. The molecule has 1 atom stereocenters. The molecule has 0 aromatic heterocycles. The van der Waals surface area contributed by atoms with Gasteiger partial charge in [0.1, 0.15) is 0 Å². The molecule has 1 N–H and O–H groups in total. The van der Waals surface area contributed by atoms with E-state index < -0.39 is 0 Å². The molecule has 82 valence electrons. The van der Waals surface area contributed by atoms with E-state index in [4.69, 9.17) is 0 Å².